The molecule has 1 saturated heterocycles. The lowest BCUT2D eigenvalue weighted by molar-refractivity contribution is 0.0107. The van der Waals surface area contributed by atoms with Crippen LogP contribution in [-0.2, 0) is 11.4 Å². The van der Waals surface area contributed by atoms with Gasteiger partial charge in [0, 0.05) is 12.1 Å². The van der Waals surface area contributed by atoms with Gasteiger partial charge in [0.1, 0.15) is 18.5 Å². The average molecular weight is 324 g/mol. The van der Waals surface area contributed by atoms with Crippen LogP contribution in [-0.4, -0.2) is 37.4 Å². The van der Waals surface area contributed by atoms with E-state index in [-0.39, 0.29) is 6.10 Å². The summed E-state index contributed by atoms with van der Waals surface area (Å²) in [6.07, 6.45) is 4.15. The van der Waals surface area contributed by atoms with Crippen LogP contribution in [0.2, 0.25) is 0 Å². The Labute approximate surface area is 143 Å². The van der Waals surface area contributed by atoms with Crippen molar-refractivity contribution in [2.45, 2.75) is 25.6 Å². The molecule has 4 nitrogen and oxygen atoms in total. The highest BCUT2D eigenvalue weighted by molar-refractivity contribution is 5.83. The van der Waals surface area contributed by atoms with Crippen molar-refractivity contribution in [3.05, 3.63) is 65.7 Å². The Morgan fingerprint density at radius 3 is 2.75 bits per heavy atom. The summed E-state index contributed by atoms with van der Waals surface area (Å²) in [6, 6.07) is 18.0. The molecule has 0 radical (unpaired) electrons. The molecule has 2 aromatic rings. The Morgan fingerprint density at radius 1 is 1.12 bits per heavy atom. The van der Waals surface area contributed by atoms with Crippen molar-refractivity contribution in [1.29, 1.82) is 0 Å². The van der Waals surface area contributed by atoms with E-state index >= 15 is 0 Å². The van der Waals surface area contributed by atoms with Gasteiger partial charge in [0.15, 0.2) is 0 Å². The van der Waals surface area contributed by atoms with Crippen molar-refractivity contribution in [1.82, 2.24) is 4.90 Å². The van der Waals surface area contributed by atoms with Gasteiger partial charge in [-0.05, 0) is 44.1 Å². The lowest BCUT2D eigenvalue weighted by Gasteiger charge is -2.27. The minimum absolute atomic E-state index is 0.178. The van der Waals surface area contributed by atoms with E-state index in [0.29, 0.717) is 6.61 Å². The van der Waals surface area contributed by atoms with Gasteiger partial charge in [-0.3, -0.25) is 0 Å². The molecule has 1 unspecified atom stereocenters. The highest BCUT2D eigenvalue weighted by Crippen LogP contribution is 2.18. The lowest BCUT2D eigenvalue weighted by Crippen LogP contribution is -2.36. The summed E-state index contributed by atoms with van der Waals surface area (Å²) in [4.78, 5) is 7.93. The van der Waals surface area contributed by atoms with Crippen molar-refractivity contribution in [2.75, 3.05) is 20.1 Å². The molecule has 1 heterocycles. The molecule has 24 heavy (non-hydrogen) atoms. The predicted molar refractivity (Wildman–Crippen MR) is 96.4 cm³/mol. The topological polar surface area (TPSA) is 34.1 Å². The minimum Gasteiger partial charge on any atom is -0.488 e. The Morgan fingerprint density at radius 2 is 1.92 bits per heavy atom. The number of piperidine rings is 1. The van der Waals surface area contributed by atoms with Crippen LogP contribution in [0.5, 0.6) is 5.75 Å². The summed E-state index contributed by atoms with van der Waals surface area (Å²) in [5.41, 5.74) is 2.07. The van der Waals surface area contributed by atoms with Crippen LogP contribution in [0.1, 0.15) is 24.0 Å². The number of para-hydroxylation sites is 1. The lowest BCUT2D eigenvalue weighted by atomic mass is 10.1. The third kappa shape index (κ3) is 4.83. The molecule has 126 valence electrons. The van der Waals surface area contributed by atoms with Gasteiger partial charge in [0.05, 0.1) is 6.21 Å². The molecule has 0 amide bonds. The maximum absolute atomic E-state index is 5.93. The van der Waals surface area contributed by atoms with Crippen LogP contribution in [0.3, 0.4) is 0 Å². The van der Waals surface area contributed by atoms with E-state index in [1.807, 2.05) is 42.5 Å². The fourth-order valence-corrected chi connectivity index (χ4v) is 2.83. The molecule has 1 fully saturated rings. The van der Waals surface area contributed by atoms with E-state index in [1.54, 1.807) is 6.21 Å². The summed E-state index contributed by atoms with van der Waals surface area (Å²) >= 11 is 0. The molecule has 1 aliphatic heterocycles. The molecule has 0 saturated carbocycles. The van der Waals surface area contributed by atoms with Gasteiger partial charge in [-0.15, -0.1) is 0 Å². The SMILES string of the molecule is CN1CCCC(ON=Cc2ccccc2OCc2ccccc2)C1. The average Bonchev–Trinajstić information content (AvgIpc) is 2.62. The largest absolute Gasteiger partial charge is 0.488 e. The predicted octanol–water partition coefficient (Wildman–Crippen LogP) is 3.71. The zero-order valence-electron chi connectivity index (χ0n) is 14.1. The summed E-state index contributed by atoms with van der Waals surface area (Å²) in [5.74, 6) is 0.814. The third-order valence-electron chi connectivity index (χ3n) is 4.14. The van der Waals surface area contributed by atoms with Crippen LogP contribution < -0.4 is 4.74 Å². The van der Waals surface area contributed by atoms with Gasteiger partial charge in [-0.1, -0.05) is 47.6 Å². The number of ether oxygens (including phenoxy) is 1. The molecule has 4 heteroatoms. The van der Waals surface area contributed by atoms with Crippen molar-refractivity contribution in [2.24, 2.45) is 5.16 Å². The fraction of sp³-hybridized carbons (Fsp3) is 0.350. The van der Waals surface area contributed by atoms with E-state index < -0.39 is 0 Å². The second kappa shape index (κ2) is 8.50. The first-order valence-corrected chi connectivity index (χ1v) is 8.45. The zero-order chi connectivity index (χ0) is 16.6. The second-order valence-corrected chi connectivity index (χ2v) is 6.18. The molecule has 0 N–H and O–H groups in total. The van der Waals surface area contributed by atoms with Gasteiger partial charge in [-0.25, -0.2) is 0 Å². The van der Waals surface area contributed by atoms with Crippen molar-refractivity contribution in [3.63, 3.8) is 0 Å². The van der Waals surface area contributed by atoms with Gasteiger partial charge in [-0.2, -0.15) is 0 Å². The molecule has 2 aromatic carbocycles. The second-order valence-electron chi connectivity index (χ2n) is 6.18. The molecule has 1 atom stereocenters. The number of oxime groups is 1. The maximum Gasteiger partial charge on any atom is 0.140 e. The number of nitrogens with zero attached hydrogens (tertiary/aromatic N) is 2. The Balaban J connectivity index is 1.58. The monoisotopic (exact) mass is 324 g/mol. The quantitative estimate of drug-likeness (QED) is 0.600. The zero-order valence-corrected chi connectivity index (χ0v) is 14.1. The minimum atomic E-state index is 0.178. The summed E-state index contributed by atoms with van der Waals surface area (Å²) in [5, 5.41) is 4.18. The molecular formula is C20H24N2O2. The highest BCUT2D eigenvalue weighted by Gasteiger charge is 2.17. The molecule has 0 bridgehead atoms. The number of rotatable bonds is 6. The standard InChI is InChI=1S/C20H24N2O2/c1-22-13-7-11-19(15-22)24-21-14-18-10-5-6-12-20(18)23-16-17-8-3-2-4-9-17/h2-6,8-10,12,14,19H,7,11,13,15-16H2,1H3. The first-order valence-electron chi connectivity index (χ1n) is 8.45. The Bertz CT molecular complexity index is 658. The van der Waals surface area contributed by atoms with Crippen molar-refractivity contribution < 1.29 is 9.57 Å². The Kier molecular flexibility index (Phi) is 5.85. The first-order chi connectivity index (χ1) is 11.8. The first kappa shape index (κ1) is 16.5. The molecule has 3 rings (SSSR count). The number of likely N-dealkylation sites (tertiary alicyclic amines) is 1. The summed E-state index contributed by atoms with van der Waals surface area (Å²) in [6.45, 7) is 2.61. The number of benzene rings is 2. The third-order valence-corrected chi connectivity index (χ3v) is 4.14. The number of hydrogen-bond donors (Lipinski definition) is 0. The maximum atomic E-state index is 5.93. The smallest absolute Gasteiger partial charge is 0.140 e. The van der Waals surface area contributed by atoms with E-state index in [0.717, 1.165) is 42.8 Å². The molecule has 0 spiro atoms. The van der Waals surface area contributed by atoms with Gasteiger partial charge in [0.25, 0.3) is 0 Å². The van der Waals surface area contributed by atoms with E-state index in [9.17, 15) is 0 Å². The van der Waals surface area contributed by atoms with E-state index in [1.165, 1.54) is 0 Å². The van der Waals surface area contributed by atoms with Gasteiger partial charge < -0.3 is 14.5 Å². The number of likely N-dealkylation sites (N-methyl/N-ethyl adjacent to an activating group) is 1. The van der Waals surface area contributed by atoms with Crippen molar-refractivity contribution in [3.8, 4) is 5.75 Å². The van der Waals surface area contributed by atoms with Crippen LogP contribution in [0, 0.1) is 0 Å². The molecule has 1 aliphatic rings. The fourth-order valence-electron chi connectivity index (χ4n) is 2.83. The van der Waals surface area contributed by atoms with Gasteiger partial charge in [0.2, 0.25) is 0 Å². The van der Waals surface area contributed by atoms with Crippen molar-refractivity contribution >= 4 is 6.21 Å². The number of hydrogen-bond acceptors (Lipinski definition) is 4. The normalized spacial score (nSPS) is 18.6. The Hall–Kier alpha value is -2.33. The molecule has 0 aromatic heterocycles. The molecule has 0 aliphatic carbocycles. The van der Waals surface area contributed by atoms with Crippen LogP contribution in [0.15, 0.2) is 59.8 Å². The van der Waals surface area contributed by atoms with E-state index in [4.69, 9.17) is 9.57 Å². The highest BCUT2D eigenvalue weighted by atomic mass is 16.6. The van der Waals surface area contributed by atoms with Crippen LogP contribution in [0.4, 0.5) is 0 Å². The molecular weight excluding hydrogens is 300 g/mol. The summed E-state index contributed by atoms with van der Waals surface area (Å²) < 4.78 is 5.93. The summed E-state index contributed by atoms with van der Waals surface area (Å²) in [7, 11) is 2.12. The van der Waals surface area contributed by atoms with Gasteiger partial charge >= 0.3 is 0 Å². The van der Waals surface area contributed by atoms with E-state index in [2.05, 4.69) is 29.2 Å². The van der Waals surface area contributed by atoms with Crippen LogP contribution in [0.25, 0.3) is 0 Å². The van der Waals surface area contributed by atoms with Crippen LogP contribution >= 0.6 is 0 Å².